The number of aliphatic hydroxyl groups is 1. The third-order valence-corrected chi connectivity index (χ3v) is 3.69. The van der Waals surface area contributed by atoms with Crippen LogP contribution in [0.25, 0.3) is 0 Å². The van der Waals surface area contributed by atoms with Crippen molar-refractivity contribution in [1.29, 1.82) is 0 Å². The van der Waals surface area contributed by atoms with E-state index in [-0.39, 0.29) is 24.3 Å². The number of rotatable bonds is 8. The highest BCUT2D eigenvalue weighted by atomic mass is 16.4. The predicted molar refractivity (Wildman–Crippen MR) is 78.4 cm³/mol. The third-order valence-electron chi connectivity index (χ3n) is 3.69. The molecule has 1 atom stereocenters. The molecule has 0 spiro atoms. The molecule has 0 aromatic heterocycles. The van der Waals surface area contributed by atoms with E-state index in [0.29, 0.717) is 19.3 Å². The first-order valence-electron chi connectivity index (χ1n) is 7.24. The number of carboxylic acids is 1. The van der Waals surface area contributed by atoms with E-state index in [1.165, 1.54) is 0 Å². The van der Waals surface area contributed by atoms with Crippen LogP contribution in [-0.2, 0) is 9.59 Å². The van der Waals surface area contributed by atoms with Gasteiger partial charge in [-0.3, -0.25) is 9.59 Å². The average Bonchev–Trinajstić information content (AvgIpc) is 2.31. The molecule has 0 aromatic rings. The van der Waals surface area contributed by atoms with Crippen molar-refractivity contribution in [2.45, 2.75) is 66.4 Å². The van der Waals surface area contributed by atoms with Gasteiger partial charge in [-0.05, 0) is 24.7 Å². The first-order valence-corrected chi connectivity index (χ1v) is 7.24. The van der Waals surface area contributed by atoms with Gasteiger partial charge in [0.1, 0.15) is 0 Å². The van der Waals surface area contributed by atoms with Gasteiger partial charge in [0.25, 0.3) is 0 Å². The molecule has 0 aliphatic rings. The molecule has 0 aliphatic heterocycles. The zero-order chi connectivity index (χ0) is 16.0. The van der Waals surface area contributed by atoms with Crippen LogP contribution in [0.2, 0.25) is 0 Å². The Kier molecular flexibility index (Phi) is 7.20. The van der Waals surface area contributed by atoms with E-state index < -0.39 is 17.5 Å². The van der Waals surface area contributed by atoms with Crippen molar-refractivity contribution in [3.63, 3.8) is 0 Å². The molecule has 1 unspecified atom stereocenters. The Labute approximate surface area is 121 Å². The van der Waals surface area contributed by atoms with E-state index in [9.17, 15) is 19.8 Å². The Morgan fingerprint density at radius 3 is 2.00 bits per heavy atom. The normalized spacial score (nSPS) is 13.9. The second-order valence-corrected chi connectivity index (χ2v) is 6.69. The fraction of sp³-hybridized carbons (Fsp3) is 0.867. The molecule has 0 bridgehead atoms. The van der Waals surface area contributed by atoms with E-state index in [2.05, 4.69) is 5.32 Å². The summed E-state index contributed by atoms with van der Waals surface area (Å²) in [6.07, 6.45) is 0.755. The highest BCUT2D eigenvalue weighted by molar-refractivity contribution is 5.84. The molecular formula is C15H29NO4. The molecule has 0 heterocycles. The molecule has 118 valence electrons. The first kappa shape index (κ1) is 18.9. The van der Waals surface area contributed by atoms with Crippen molar-refractivity contribution in [3.8, 4) is 0 Å². The van der Waals surface area contributed by atoms with Crippen LogP contribution in [-0.4, -0.2) is 34.7 Å². The minimum Gasteiger partial charge on any atom is -0.481 e. The van der Waals surface area contributed by atoms with Gasteiger partial charge in [0, 0.05) is 13.0 Å². The van der Waals surface area contributed by atoms with Gasteiger partial charge in [0.15, 0.2) is 0 Å². The van der Waals surface area contributed by atoms with E-state index in [0.717, 1.165) is 0 Å². The van der Waals surface area contributed by atoms with Gasteiger partial charge < -0.3 is 15.5 Å². The van der Waals surface area contributed by atoms with Crippen LogP contribution in [0.5, 0.6) is 0 Å². The highest BCUT2D eigenvalue weighted by Crippen LogP contribution is 2.30. The first-order chi connectivity index (χ1) is 9.06. The van der Waals surface area contributed by atoms with E-state index in [1.54, 1.807) is 13.8 Å². The molecule has 0 saturated heterocycles. The maximum absolute atomic E-state index is 11.9. The molecule has 0 fully saturated rings. The van der Waals surface area contributed by atoms with Crippen LogP contribution in [0.3, 0.4) is 0 Å². The topological polar surface area (TPSA) is 86.6 Å². The molecule has 20 heavy (non-hydrogen) atoms. The smallest absolute Gasteiger partial charge is 0.310 e. The summed E-state index contributed by atoms with van der Waals surface area (Å²) >= 11 is 0. The maximum Gasteiger partial charge on any atom is 0.310 e. The Morgan fingerprint density at radius 1 is 1.15 bits per heavy atom. The number of carboxylic acid groups (broad SMARTS) is 1. The second-order valence-electron chi connectivity index (χ2n) is 6.69. The molecule has 0 aliphatic carbocycles. The molecule has 0 aromatic carbocycles. The number of aliphatic carboxylic acids is 1. The van der Waals surface area contributed by atoms with Crippen molar-refractivity contribution >= 4 is 11.9 Å². The lowest BCUT2D eigenvalue weighted by molar-refractivity contribution is -0.152. The van der Waals surface area contributed by atoms with Crippen LogP contribution in [0.15, 0.2) is 0 Å². The maximum atomic E-state index is 11.9. The van der Waals surface area contributed by atoms with Crippen LogP contribution in [0.1, 0.15) is 60.3 Å². The zero-order valence-electron chi connectivity index (χ0n) is 13.3. The lowest BCUT2D eigenvalue weighted by Crippen LogP contribution is -2.40. The van der Waals surface area contributed by atoms with Crippen LogP contribution < -0.4 is 5.32 Å². The minimum atomic E-state index is -1.00. The Morgan fingerprint density at radius 2 is 1.65 bits per heavy atom. The van der Waals surface area contributed by atoms with Crippen molar-refractivity contribution < 1.29 is 19.8 Å². The highest BCUT2D eigenvalue weighted by Gasteiger charge is 2.37. The Hall–Kier alpha value is -1.10. The van der Waals surface area contributed by atoms with Gasteiger partial charge in [-0.1, -0.05) is 34.6 Å². The summed E-state index contributed by atoms with van der Waals surface area (Å²) in [5, 5.41) is 21.7. The summed E-state index contributed by atoms with van der Waals surface area (Å²) in [5.41, 5.74) is -1.01. The molecule has 3 N–H and O–H groups in total. The zero-order valence-corrected chi connectivity index (χ0v) is 13.3. The summed E-state index contributed by atoms with van der Waals surface area (Å²) < 4.78 is 0. The van der Waals surface area contributed by atoms with Gasteiger partial charge in [0.2, 0.25) is 5.91 Å². The summed E-state index contributed by atoms with van der Waals surface area (Å²) in [6.45, 7) is 9.77. The van der Waals surface area contributed by atoms with Crippen molar-refractivity contribution in [2.75, 3.05) is 6.54 Å². The SMILES string of the molecule is CCC(CC)(CC(=O)NCC(O)CC(C)(C)C)C(=O)O. The molecular weight excluding hydrogens is 258 g/mol. The Bertz CT molecular complexity index is 329. The van der Waals surface area contributed by atoms with Gasteiger partial charge in [-0.2, -0.15) is 0 Å². The molecule has 0 rings (SSSR count). The lowest BCUT2D eigenvalue weighted by atomic mass is 9.79. The van der Waals surface area contributed by atoms with E-state index >= 15 is 0 Å². The Balaban J connectivity index is 4.39. The fourth-order valence-corrected chi connectivity index (χ4v) is 2.26. The second kappa shape index (κ2) is 7.62. The molecule has 0 radical (unpaired) electrons. The molecule has 0 saturated carbocycles. The summed E-state index contributed by atoms with van der Waals surface area (Å²) in [7, 11) is 0. The van der Waals surface area contributed by atoms with Crippen molar-refractivity contribution in [3.05, 3.63) is 0 Å². The van der Waals surface area contributed by atoms with E-state index in [1.807, 2.05) is 20.8 Å². The summed E-state index contributed by atoms with van der Waals surface area (Å²) in [5.74, 6) is -1.25. The average molecular weight is 287 g/mol. The van der Waals surface area contributed by atoms with Gasteiger partial charge >= 0.3 is 5.97 Å². The largest absolute Gasteiger partial charge is 0.481 e. The number of carbonyl (C=O) groups excluding carboxylic acids is 1. The molecule has 1 amide bonds. The summed E-state index contributed by atoms with van der Waals surface area (Å²) in [6, 6.07) is 0. The quantitative estimate of drug-likeness (QED) is 0.638. The fourth-order valence-electron chi connectivity index (χ4n) is 2.26. The van der Waals surface area contributed by atoms with Gasteiger partial charge in [0.05, 0.1) is 11.5 Å². The lowest BCUT2D eigenvalue weighted by Gasteiger charge is -2.26. The summed E-state index contributed by atoms with van der Waals surface area (Å²) in [4.78, 5) is 23.2. The van der Waals surface area contributed by atoms with Crippen molar-refractivity contribution in [1.82, 2.24) is 5.32 Å². The number of nitrogens with one attached hydrogen (secondary N) is 1. The number of hydrogen-bond acceptors (Lipinski definition) is 3. The van der Waals surface area contributed by atoms with Crippen molar-refractivity contribution in [2.24, 2.45) is 10.8 Å². The predicted octanol–water partition coefficient (Wildman–Crippen LogP) is 2.18. The minimum absolute atomic E-state index is 0.0121. The van der Waals surface area contributed by atoms with E-state index in [4.69, 9.17) is 0 Å². The number of amides is 1. The standard InChI is InChI=1S/C15H29NO4/c1-6-15(7-2,13(19)20)9-12(18)16-10-11(17)8-14(3,4)5/h11,17H,6-10H2,1-5H3,(H,16,18)(H,19,20). The number of aliphatic hydroxyl groups excluding tert-OH is 1. The molecule has 5 heteroatoms. The van der Waals surface area contributed by atoms with Crippen LogP contribution in [0, 0.1) is 10.8 Å². The number of carbonyl (C=O) groups is 2. The van der Waals surface area contributed by atoms with Gasteiger partial charge in [-0.25, -0.2) is 0 Å². The van der Waals surface area contributed by atoms with Crippen LogP contribution >= 0.6 is 0 Å². The number of hydrogen-bond donors (Lipinski definition) is 3. The van der Waals surface area contributed by atoms with Gasteiger partial charge in [-0.15, -0.1) is 0 Å². The molecule has 5 nitrogen and oxygen atoms in total. The monoisotopic (exact) mass is 287 g/mol. The van der Waals surface area contributed by atoms with Crippen LogP contribution in [0.4, 0.5) is 0 Å². The third kappa shape index (κ3) is 6.37.